The van der Waals surface area contributed by atoms with Crippen molar-refractivity contribution in [1.82, 2.24) is 20.0 Å². The minimum absolute atomic E-state index is 0.0736. The summed E-state index contributed by atoms with van der Waals surface area (Å²) >= 11 is 0. The third kappa shape index (κ3) is 3.50. The van der Waals surface area contributed by atoms with Gasteiger partial charge in [-0.25, -0.2) is 4.79 Å². The lowest BCUT2D eigenvalue weighted by Crippen LogP contribution is -2.57. The van der Waals surface area contributed by atoms with Gasteiger partial charge in [0, 0.05) is 38.0 Å². The predicted molar refractivity (Wildman–Crippen MR) is 117 cm³/mol. The van der Waals surface area contributed by atoms with Gasteiger partial charge in [0.1, 0.15) is 5.54 Å². The first-order valence-electron chi connectivity index (χ1n) is 12.6. The second kappa shape index (κ2) is 8.03. The van der Waals surface area contributed by atoms with Crippen LogP contribution in [-0.2, 0) is 14.4 Å². The first-order valence-corrected chi connectivity index (χ1v) is 12.6. The zero-order valence-electron chi connectivity index (χ0n) is 19.3. The number of urea groups is 1. The summed E-state index contributed by atoms with van der Waals surface area (Å²) in [7, 11) is 0. The zero-order chi connectivity index (χ0) is 22.6. The van der Waals surface area contributed by atoms with Crippen LogP contribution < -0.4 is 5.32 Å². The maximum absolute atomic E-state index is 13.5. The normalized spacial score (nSPS) is 34.0. The molecule has 5 aliphatic rings. The minimum Gasteiger partial charge on any atom is -0.342 e. The average Bonchev–Trinajstić information content (AvgIpc) is 3.47. The molecule has 5 rings (SSSR count). The number of nitrogens with zero attached hydrogens (tertiary/aromatic N) is 3. The molecule has 0 aromatic heterocycles. The van der Waals surface area contributed by atoms with Gasteiger partial charge in [-0.3, -0.25) is 19.3 Å². The van der Waals surface area contributed by atoms with E-state index in [-0.39, 0.29) is 41.6 Å². The summed E-state index contributed by atoms with van der Waals surface area (Å²) in [5.41, 5.74) is -0.900. The van der Waals surface area contributed by atoms with E-state index in [2.05, 4.69) is 5.32 Å². The van der Waals surface area contributed by atoms with Crippen LogP contribution in [0, 0.1) is 23.7 Å². The Morgan fingerprint density at radius 3 is 2.22 bits per heavy atom. The average molecular weight is 445 g/mol. The highest BCUT2D eigenvalue weighted by atomic mass is 16.2. The summed E-state index contributed by atoms with van der Waals surface area (Å²) in [6.07, 6.45) is 7.28. The Labute approximate surface area is 190 Å². The van der Waals surface area contributed by atoms with Crippen LogP contribution in [0.25, 0.3) is 0 Å². The first kappa shape index (κ1) is 21.7. The van der Waals surface area contributed by atoms with Crippen LogP contribution in [0.1, 0.15) is 65.2 Å². The van der Waals surface area contributed by atoms with Crippen LogP contribution in [0.15, 0.2) is 0 Å². The second-order valence-corrected chi connectivity index (χ2v) is 10.9. The van der Waals surface area contributed by atoms with E-state index in [1.54, 1.807) is 4.90 Å². The molecule has 8 nitrogen and oxygen atoms in total. The van der Waals surface area contributed by atoms with E-state index >= 15 is 0 Å². The van der Waals surface area contributed by atoms with Gasteiger partial charge in [0.05, 0.1) is 6.04 Å². The molecule has 2 saturated carbocycles. The molecule has 0 aromatic rings. The SMILES string of the molecule is CC(C)C(=O)N1CCC2(CC1)NC(=O)N([C@@H]1CCCN(C(=O)C3[C@@H]4CCCC[C@@H]34)C1)C2=O. The highest BCUT2D eigenvalue weighted by Crippen LogP contribution is 2.56. The molecule has 1 N–H and O–H groups in total. The van der Waals surface area contributed by atoms with E-state index in [1.165, 1.54) is 30.6 Å². The third-order valence-corrected chi connectivity index (χ3v) is 8.63. The molecule has 3 saturated heterocycles. The Morgan fingerprint density at radius 1 is 0.938 bits per heavy atom. The van der Waals surface area contributed by atoms with Crippen molar-refractivity contribution in [3.8, 4) is 0 Å². The van der Waals surface area contributed by atoms with Crippen LogP contribution in [0.4, 0.5) is 4.79 Å². The van der Waals surface area contributed by atoms with Gasteiger partial charge < -0.3 is 15.1 Å². The Morgan fingerprint density at radius 2 is 1.59 bits per heavy atom. The Balaban J connectivity index is 1.23. The van der Waals surface area contributed by atoms with Crippen LogP contribution >= 0.6 is 0 Å². The monoisotopic (exact) mass is 444 g/mol. The van der Waals surface area contributed by atoms with Gasteiger partial charge in [-0.15, -0.1) is 0 Å². The maximum Gasteiger partial charge on any atom is 0.325 e. The van der Waals surface area contributed by atoms with Crippen LogP contribution in [0.5, 0.6) is 0 Å². The number of nitrogens with one attached hydrogen (secondary N) is 1. The van der Waals surface area contributed by atoms with Crippen LogP contribution in [-0.4, -0.2) is 76.2 Å². The Hall–Kier alpha value is -2.12. The number of carbonyl (C=O) groups is 4. The van der Waals surface area contributed by atoms with Gasteiger partial charge in [0.15, 0.2) is 0 Å². The van der Waals surface area contributed by atoms with E-state index in [4.69, 9.17) is 0 Å². The van der Waals surface area contributed by atoms with E-state index in [1.807, 2.05) is 18.7 Å². The molecule has 8 heteroatoms. The molecule has 0 unspecified atom stereocenters. The fourth-order valence-corrected chi connectivity index (χ4v) is 6.72. The lowest BCUT2D eigenvalue weighted by molar-refractivity contribution is -0.142. The number of imide groups is 1. The molecule has 2 aliphatic carbocycles. The van der Waals surface area contributed by atoms with Gasteiger partial charge in [-0.1, -0.05) is 26.7 Å². The molecule has 176 valence electrons. The largest absolute Gasteiger partial charge is 0.342 e. The van der Waals surface area contributed by atoms with Crippen LogP contribution in [0.2, 0.25) is 0 Å². The van der Waals surface area contributed by atoms with E-state index < -0.39 is 5.54 Å². The highest BCUT2D eigenvalue weighted by molar-refractivity contribution is 6.07. The van der Waals surface area contributed by atoms with Gasteiger partial charge in [0.25, 0.3) is 5.91 Å². The number of amides is 5. The fraction of sp³-hybridized carbons (Fsp3) is 0.833. The number of carbonyl (C=O) groups excluding carboxylic acids is 4. The molecule has 5 fully saturated rings. The molecule has 1 spiro atoms. The zero-order valence-corrected chi connectivity index (χ0v) is 19.3. The van der Waals surface area contributed by atoms with Crippen molar-refractivity contribution in [3.05, 3.63) is 0 Å². The third-order valence-electron chi connectivity index (χ3n) is 8.63. The standard InChI is InChI=1S/C24H36N4O4/c1-15(2)20(29)26-12-9-24(10-13-26)22(31)28(23(32)25-24)16-6-5-11-27(14-16)21(30)19-17-7-3-4-8-18(17)19/h15-19H,3-14H2,1-2H3,(H,25,32)/t16-,17-,18-/m1/s1. The summed E-state index contributed by atoms with van der Waals surface area (Å²) in [5.74, 6) is 1.40. The summed E-state index contributed by atoms with van der Waals surface area (Å²) < 4.78 is 0. The molecule has 0 aromatic carbocycles. The molecular formula is C24H36N4O4. The van der Waals surface area contributed by atoms with E-state index in [0.29, 0.717) is 44.3 Å². The quantitative estimate of drug-likeness (QED) is 0.674. The highest BCUT2D eigenvalue weighted by Gasteiger charge is 2.58. The molecule has 0 bridgehead atoms. The van der Waals surface area contributed by atoms with Crippen molar-refractivity contribution in [2.75, 3.05) is 26.2 Å². The lowest BCUT2D eigenvalue weighted by Gasteiger charge is -2.39. The van der Waals surface area contributed by atoms with Gasteiger partial charge in [-0.2, -0.15) is 0 Å². The Bertz CT molecular complexity index is 807. The van der Waals surface area contributed by atoms with Crippen molar-refractivity contribution in [2.24, 2.45) is 23.7 Å². The smallest absolute Gasteiger partial charge is 0.325 e. The van der Waals surface area contributed by atoms with E-state index in [9.17, 15) is 19.2 Å². The van der Waals surface area contributed by atoms with Crippen molar-refractivity contribution in [3.63, 3.8) is 0 Å². The summed E-state index contributed by atoms with van der Waals surface area (Å²) in [6.45, 7) is 5.91. The molecular weight excluding hydrogens is 408 g/mol. The van der Waals surface area contributed by atoms with Gasteiger partial charge in [0.2, 0.25) is 11.8 Å². The summed E-state index contributed by atoms with van der Waals surface area (Å²) in [6, 6.07) is -0.589. The molecule has 3 heterocycles. The predicted octanol–water partition coefficient (Wildman–Crippen LogP) is 1.98. The first-order chi connectivity index (χ1) is 15.3. The maximum atomic E-state index is 13.5. The second-order valence-electron chi connectivity index (χ2n) is 10.9. The van der Waals surface area contributed by atoms with Crippen LogP contribution in [0.3, 0.4) is 0 Å². The van der Waals surface area contributed by atoms with Crippen molar-refractivity contribution in [1.29, 1.82) is 0 Å². The van der Waals surface area contributed by atoms with Gasteiger partial charge >= 0.3 is 6.03 Å². The number of piperidine rings is 2. The number of fused-ring (bicyclic) bond motifs is 1. The number of hydrogen-bond donors (Lipinski definition) is 1. The minimum atomic E-state index is -0.900. The van der Waals surface area contributed by atoms with Gasteiger partial charge in [-0.05, 0) is 50.4 Å². The fourth-order valence-electron chi connectivity index (χ4n) is 6.72. The van der Waals surface area contributed by atoms with Crippen molar-refractivity contribution >= 4 is 23.8 Å². The number of likely N-dealkylation sites (tertiary alicyclic amines) is 2. The molecule has 3 aliphatic heterocycles. The van der Waals surface area contributed by atoms with Crippen molar-refractivity contribution in [2.45, 2.75) is 76.8 Å². The topological polar surface area (TPSA) is 90.0 Å². The Kier molecular flexibility index (Phi) is 5.45. The lowest BCUT2D eigenvalue weighted by atomic mass is 9.86. The van der Waals surface area contributed by atoms with E-state index in [0.717, 1.165) is 19.4 Å². The molecule has 3 atom stereocenters. The summed E-state index contributed by atoms with van der Waals surface area (Å²) in [4.78, 5) is 57.0. The number of rotatable bonds is 3. The molecule has 5 amide bonds. The van der Waals surface area contributed by atoms with Crippen molar-refractivity contribution < 1.29 is 19.2 Å². The summed E-state index contributed by atoms with van der Waals surface area (Å²) in [5, 5.41) is 2.97. The number of hydrogen-bond acceptors (Lipinski definition) is 4. The molecule has 0 radical (unpaired) electrons. The molecule has 32 heavy (non-hydrogen) atoms.